The zero-order valence-electron chi connectivity index (χ0n) is 5.54. The lowest BCUT2D eigenvalue weighted by Gasteiger charge is -2.00. The van der Waals surface area contributed by atoms with Gasteiger partial charge in [0.25, 0.3) is 0 Å². The van der Waals surface area contributed by atoms with Crippen molar-refractivity contribution in [3.05, 3.63) is 28.9 Å². The van der Waals surface area contributed by atoms with Crippen molar-refractivity contribution in [2.75, 3.05) is 6.54 Å². The summed E-state index contributed by atoms with van der Waals surface area (Å²) < 4.78 is 0. The van der Waals surface area contributed by atoms with Crippen LogP contribution in [0.25, 0.3) is 12.3 Å². The van der Waals surface area contributed by atoms with Crippen LogP contribution in [0.3, 0.4) is 0 Å². The molecule has 2 rings (SSSR count). The molecule has 0 fully saturated rings. The average molecular weight is 132 g/mol. The van der Waals surface area contributed by atoms with Gasteiger partial charge in [-0.2, -0.15) is 0 Å². The summed E-state index contributed by atoms with van der Waals surface area (Å²) in [7, 11) is 0. The van der Waals surface area contributed by atoms with Crippen molar-refractivity contribution in [1.29, 1.82) is 0 Å². The molecule has 2 heterocycles. The molecule has 1 aliphatic heterocycles. The summed E-state index contributed by atoms with van der Waals surface area (Å²) in [4.78, 5) is 4.01. The molecule has 1 N–H and O–H groups in total. The third-order valence-corrected chi connectivity index (χ3v) is 1.58. The molecule has 0 atom stereocenters. The molecule has 2 heteroatoms. The SMILES string of the molecule is C1=c2ccncc2=CNC1. The van der Waals surface area contributed by atoms with E-state index in [-0.39, 0.29) is 0 Å². The lowest BCUT2D eigenvalue weighted by molar-refractivity contribution is 1.04. The van der Waals surface area contributed by atoms with Gasteiger partial charge in [-0.05, 0) is 11.3 Å². The molecule has 0 saturated carbocycles. The standard InChI is InChI=1S/C8H8N2/c1-3-9-5-8-6-10-4-2-7(1)8/h1-3,5-6,10H,4H2. The van der Waals surface area contributed by atoms with E-state index in [0.717, 1.165) is 6.54 Å². The maximum Gasteiger partial charge on any atom is 0.0360 e. The van der Waals surface area contributed by atoms with Crippen molar-refractivity contribution >= 4 is 12.3 Å². The smallest absolute Gasteiger partial charge is 0.0360 e. The third-order valence-electron chi connectivity index (χ3n) is 1.58. The van der Waals surface area contributed by atoms with Crippen LogP contribution in [0, 0.1) is 0 Å². The summed E-state index contributed by atoms with van der Waals surface area (Å²) >= 11 is 0. The molecule has 0 saturated heterocycles. The Balaban J connectivity index is 2.84. The Kier molecular flexibility index (Phi) is 1.17. The maximum absolute atomic E-state index is 4.01. The van der Waals surface area contributed by atoms with Gasteiger partial charge >= 0.3 is 0 Å². The van der Waals surface area contributed by atoms with Crippen molar-refractivity contribution in [2.24, 2.45) is 0 Å². The van der Waals surface area contributed by atoms with E-state index in [0.29, 0.717) is 0 Å². The third kappa shape index (κ3) is 0.778. The van der Waals surface area contributed by atoms with E-state index in [1.807, 2.05) is 24.7 Å². The van der Waals surface area contributed by atoms with E-state index in [4.69, 9.17) is 0 Å². The van der Waals surface area contributed by atoms with Crippen LogP contribution < -0.4 is 15.8 Å². The predicted molar refractivity (Wildman–Crippen MR) is 40.4 cm³/mol. The van der Waals surface area contributed by atoms with Crippen LogP contribution in [0.5, 0.6) is 0 Å². The predicted octanol–water partition coefficient (Wildman–Crippen LogP) is -0.797. The second kappa shape index (κ2) is 2.14. The Morgan fingerprint density at radius 2 is 2.40 bits per heavy atom. The van der Waals surface area contributed by atoms with Gasteiger partial charge in [0.05, 0.1) is 0 Å². The first-order chi connectivity index (χ1) is 4.97. The van der Waals surface area contributed by atoms with Gasteiger partial charge in [0.15, 0.2) is 0 Å². The molecular formula is C8H8N2. The van der Waals surface area contributed by atoms with Crippen LogP contribution in [0.15, 0.2) is 18.5 Å². The van der Waals surface area contributed by atoms with E-state index in [9.17, 15) is 0 Å². The Morgan fingerprint density at radius 1 is 1.40 bits per heavy atom. The molecule has 0 spiro atoms. The molecule has 50 valence electrons. The van der Waals surface area contributed by atoms with Gasteiger partial charge in [-0.25, -0.2) is 0 Å². The minimum Gasteiger partial charge on any atom is -0.387 e. The highest BCUT2D eigenvalue weighted by Gasteiger charge is 1.88. The fourth-order valence-electron chi connectivity index (χ4n) is 1.06. The Morgan fingerprint density at radius 3 is 3.30 bits per heavy atom. The average Bonchev–Trinajstić information content (AvgIpc) is 2.05. The Hall–Kier alpha value is -1.31. The van der Waals surface area contributed by atoms with Crippen molar-refractivity contribution in [1.82, 2.24) is 10.3 Å². The zero-order valence-corrected chi connectivity index (χ0v) is 5.54. The first-order valence-corrected chi connectivity index (χ1v) is 3.30. The highest BCUT2D eigenvalue weighted by Crippen LogP contribution is 1.71. The Bertz CT molecular complexity index is 306. The van der Waals surface area contributed by atoms with E-state index in [1.54, 1.807) is 0 Å². The summed E-state index contributed by atoms with van der Waals surface area (Å²) in [5.74, 6) is 0. The zero-order chi connectivity index (χ0) is 6.81. The van der Waals surface area contributed by atoms with Gasteiger partial charge in [0.1, 0.15) is 0 Å². The summed E-state index contributed by atoms with van der Waals surface area (Å²) in [6, 6.07) is 2.02. The number of aromatic nitrogens is 1. The van der Waals surface area contributed by atoms with Crippen LogP contribution in [-0.2, 0) is 0 Å². The summed E-state index contributed by atoms with van der Waals surface area (Å²) in [5.41, 5.74) is 0. The van der Waals surface area contributed by atoms with E-state index >= 15 is 0 Å². The highest BCUT2D eigenvalue weighted by molar-refractivity contribution is 5.36. The molecule has 0 amide bonds. The van der Waals surface area contributed by atoms with Gasteiger partial charge in [0, 0.05) is 30.4 Å². The molecule has 1 aromatic rings. The number of pyridine rings is 1. The molecule has 0 radical (unpaired) electrons. The highest BCUT2D eigenvalue weighted by atomic mass is 14.8. The van der Waals surface area contributed by atoms with Crippen LogP contribution in [0.4, 0.5) is 0 Å². The number of nitrogens with one attached hydrogen (secondary N) is 1. The van der Waals surface area contributed by atoms with Crippen molar-refractivity contribution < 1.29 is 0 Å². The lowest BCUT2D eigenvalue weighted by Crippen LogP contribution is -2.32. The maximum atomic E-state index is 4.01. The first-order valence-electron chi connectivity index (χ1n) is 3.30. The van der Waals surface area contributed by atoms with Gasteiger partial charge in [-0.15, -0.1) is 0 Å². The fraction of sp³-hybridized carbons (Fsp3) is 0.125. The summed E-state index contributed by atoms with van der Waals surface area (Å²) in [6.07, 6.45) is 7.81. The number of fused-ring (bicyclic) bond motifs is 1. The van der Waals surface area contributed by atoms with E-state index in [2.05, 4.69) is 16.4 Å². The van der Waals surface area contributed by atoms with Crippen LogP contribution in [-0.4, -0.2) is 11.5 Å². The van der Waals surface area contributed by atoms with Crippen molar-refractivity contribution in [3.63, 3.8) is 0 Å². The molecule has 0 aliphatic carbocycles. The van der Waals surface area contributed by atoms with Crippen LogP contribution in [0.2, 0.25) is 0 Å². The number of nitrogens with zero attached hydrogens (tertiary/aromatic N) is 1. The van der Waals surface area contributed by atoms with Crippen LogP contribution >= 0.6 is 0 Å². The lowest BCUT2D eigenvalue weighted by atomic mass is 10.2. The molecule has 10 heavy (non-hydrogen) atoms. The van der Waals surface area contributed by atoms with E-state index < -0.39 is 0 Å². The minimum absolute atomic E-state index is 0.928. The number of rotatable bonds is 0. The first kappa shape index (κ1) is 5.47. The largest absolute Gasteiger partial charge is 0.387 e. The van der Waals surface area contributed by atoms with Crippen LogP contribution in [0.1, 0.15) is 0 Å². The monoisotopic (exact) mass is 132 g/mol. The van der Waals surface area contributed by atoms with Gasteiger partial charge < -0.3 is 5.32 Å². The minimum atomic E-state index is 0.928. The number of hydrogen-bond acceptors (Lipinski definition) is 2. The van der Waals surface area contributed by atoms with Crippen molar-refractivity contribution in [3.8, 4) is 0 Å². The molecule has 0 aromatic carbocycles. The second-order valence-corrected chi connectivity index (χ2v) is 2.26. The summed E-state index contributed by atoms with van der Waals surface area (Å²) in [5, 5.41) is 5.57. The number of hydrogen-bond donors (Lipinski definition) is 1. The van der Waals surface area contributed by atoms with Gasteiger partial charge in [-0.3, -0.25) is 4.98 Å². The second-order valence-electron chi connectivity index (χ2n) is 2.26. The van der Waals surface area contributed by atoms with Gasteiger partial charge in [0.2, 0.25) is 0 Å². The molecule has 1 aromatic heterocycles. The Labute approximate surface area is 58.9 Å². The molecule has 1 aliphatic rings. The molecular weight excluding hydrogens is 124 g/mol. The topological polar surface area (TPSA) is 24.9 Å². The summed E-state index contributed by atoms with van der Waals surface area (Å²) in [6.45, 7) is 0.928. The van der Waals surface area contributed by atoms with Crippen molar-refractivity contribution in [2.45, 2.75) is 0 Å². The quantitative estimate of drug-likeness (QED) is 0.500. The molecule has 2 nitrogen and oxygen atoms in total. The molecule has 0 bridgehead atoms. The fourth-order valence-corrected chi connectivity index (χ4v) is 1.06. The van der Waals surface area contributed by atoms with Gasteiger partial charge in [-0.1, -0.05) is 6.08 Å². The van der Waals surface area contributed by atoms with E-state index in [1.165, 1.54) is 10.4 Å². The molecule has 0 unspecified atom stereocenters. The normalized spacial score (nSPS) is 14.0.